The first kappa shape index (κ1) is 23.9. The summed E-state index contributed by atoms with van der Waals surface area (Å²) in [5.74, 6) is 1.17. The second-order valence-corrected chi connectivity index (χ2v) is 7.46. The van der Waals surface area contributed by atoms with Crippen LogP contribution in [0.4, 0.5) is 4.39 Å². The van der Waals surface area contributed by atoms with Crippen molar-refractivity contribution in [1.82, 2.24) is 0 Å². The van der Waals surface area contributed by atoms with Gasteiger partial charge in [0.25, 0.3) is 0 Å². The highest BCUT2D eigenvalue weighted by Crippen LogP contribution is 2.24. The Bertz CT molecular complexity index is 491. The summed E-state index contributed by atoms with van der Waals surface area (Å²) >= 11 is 0. The van der Waals surface area contributed by atoms with Crippen LogP contribution in [0.15, 0.2) is 24.3 Å². The van der Waals surface area contributed by atoms with Gasteiger partial charge in [0.1, 0.15) is 5.82 Å². The van der Waals surface area contributed by atoms with E-state index in [1.165, 1.54) is 30.9 Å². The van der Waals surface area contributed by atoms with Crippen LogP contribution in [0.2, 0.25) is 0 Å². The highest BCUT2D eigenvalue weighted by atomic mass is 19.1. The summed E-state index contributed by atoms with van der Waals surface area (Å²) in [5.41, 5.74) is 3.50. The minimum Gasteiger partial charge on any atom is -0.396 e. The van der Waals surface area contributed by atoms with E-state index in [1.807, 2.05) is 13.0 Å². The quantitative estimate of drug-likeness (QED) is 0.500. The van der Waals surface area contributed by atoms with E-state index in [-0.39, 0.29) is 5.82 Å². The van der Waals surface area contributed by atoms with E-state index in [4.69, 9.17) is 5.11 Å². The third-order valence-electron chi connectivity index (χ3n) is 4.31. The van der Waals surface area contributed by atoms with Crippen molar-refractivity contribution in [2.24, 2.45) is 11.8 Å². The fourth-order valence-corrected chi connectivity index (χ4v) is 2.77. The molecule has 144 valence electrons. The molecule has 0 aromatic heterocycles. The van der Waals surface area contributed by atoms with Gasteiger partial charge in [-0.3, -0.25) is 0 Å². The highest BCUT2D eigenvalue weighted by molar-refractivity contribution is 5.68. The van der Waals surface area contributed by atoms with Gasteiger partial charge < -0.3 is 5.11 Å². The Morgan fingerprint density at radius 2 is 1.84 bits per heavy atom. The van der Waals surface area contributed by atoms with E-state index >= 15 is 0 Å². The van der Waals surface area contributed by atoms with Crippen molar-refractivity contribution in [3.05, 3.63) is 41.2 Å². The summed E-state index contributed by atoms with van der Waals surface area (Å²) in [6.45, 7) is 13.2. The summed E-state index contributed by atoms with van der Waals surface area (Å²) in [7, 11) is 0. The Morgan fingerprint density at radius 1 is 1.16 bits per heavy atom. The molecule has 1 N–H and O–H groups in total. The van der Waals surface area contributed by atoms with Crippen LogP contribution in [-0.2, 0) is 0 Å². The molecule has 0 aliphatic rings. The lowest BCUT2D eigenvalue weighted by atomic mass is 9.96. The lowest BCUT2D eigenvalue weighted by Crippen LogP contribution is -2.00. The van der Waals surface area contributed by atoms with E-state index in [9.17, 15) is 4.39 Å². The molecule has 0 aliphatic heterocycles. The molecule has 1 aromatic carbocycles. The average molecular weight is 351 g/mol. The molecule has 25 heavy (non-hydrogen) atoms. The second kappa shape index (κ2) is 14.1. The number of hydrogen-bond acceptors (Lipinski definition) is 1. The molecule has 0 heterocycles. The van der Waals surface area contributed by atoms with Gasteiger partial charge in [-0.05, 0) is 66.9 Å². The smallest absolute Gasteiger partial charge is 0.123 e. The predicted molar refractivity (Wildman–Crippen MR) is 109 cm³/mol. The second-order valence-electron chi connectivity index (χ2n) is 7.46. The molecule has 0 fully saturated rings. The minimum absolute atomic E-state index is 0.145. The number of aliphatic hydroxyl groups excluding tert-OH is 1. The molecule has 1 unspecified atom stereocenters. The van der Waals surface area contributed by atoms with Crippen LogP contribution in [0, 0.1) is 24.6 Å². The van der Waals surface area contributed by atoms with Crippen molar-refractivity contribution >= 4 is 5.57 Å². The molecule has 0 saturated carbocycles. The molecule has 0 aliphatic carbocycles. The molecule has 0 radical (unpaired) electrons. The van der Waals surface area contributed by atoms with Crippen LogP contribution in [0.1, 0.15) is 84.3 Å². The highest BCUT2D eigenvalue weighted by Gasteiger charge is 2.05. The fraction of sp³-hybridized carbons (Fsp3) is 0.652. The fourth-order valence-electron chi connectivity index (χ4n) is 2.77. The summed E-state index contributed by atoms with van der Waals surface area (Å²) in [6, 6.07) is 5.02. The lowest BCUT2D eigenvalue weighted by molar-refractivity contribution is 0.226. The van der Waals surface area contributed by atoms with Crippen molar-refractivity contribution in [3.63, 3.8) is 0 Å². The van der Waals surface area contributed by atoms with E-state index in [1.54, 1.807) is 6.07 Å². The number of rotatable bonds is 9. The maximum atomic E-state index is 13.2. The van der Waals surface area contributed by atoms with E-state index in [0.717, 1.165) is 36.3 Å². The van der Waals surface area contributed by atoms with Crippen LogP contribution in [0.3, 0.4) is 0 Å². The Labute approximate surface area is 155 Å². The van der Waals surface area contributed by atoms with Crippen molar-refractivity contribution in [1.29, 1.82) is 0 Å². The zero-order valence-corrected chi connectivity index (χ0v) is 17.2. The molecule has 2 heteroatoms. The van der Waals surface area contributed by atoms with Gasteiger partial charge in [0, 0.05) is 6.61 Å². The Morgan fingerprint density at radius 3 is 2.36 bits per heavy atom. The minimum atomic E-state index is -0.145. The standard InChI is InChI=1S/C14H19F.C9H20O/c1-4-6-12(7-5-2)14-10-13(15)9-8-11(14)3;1-8(2)5-4-6-9(3)7-10/h6,8-10H,4-5,7H2,1-3H3;8-10H,4-7H2,1-3H3/b12-6-;. The van der Waals surface area contributed by atoms with E-state index in [0.29, 0.717) is 12.5 Å². The summed E-state index contributed by atoms with van der Waals surface area (Å²) in [6.07, 6.45) is 9.06. The molecule has 1 rings (SSSR count). The number of aryl methyl sites for hydroxylation is 1. The zero-order chi connectivity index (χ0) is 19.2. The monoisotopic (exact) mass is 350 g/mol. The van der Waals surface area contributed by atoms with Crippen LogP contribution < -0.4 is 0 Å². The van der Waals surface area contributed by atoms with Gasteiger partial charge in [-0.15, -0.1) is 0 Å². The molecule has 1 aromatic rings. The van der Waals surface area contributed by atoms with E-state index in [2.05, 4.69) is 40.7 Å². The zero-order valence-electron chi connectivity index (χ0n) is 17.2. The Hall–Kier alpha value is -1.15. The van der Waals surface area contributed by atoms with Gasteiger partial charge in [0.15, 0.2) is 0 Å². The summed E-state index contributed by atoms with van der Waals surface area (Å²) < 4.78 is 13.2. The third kappa shape index (κ3) is 11.1. The van der Waals surface area contributed by atoms with Gasteiger partial charge >= 0.3 is 0 Å². The number of hydrogen-bond donors (Lipinski definition) is 1. The van der Waals surface area contributed by atoms with Gasteiger partial charge in [-0.2, -0.15) is 0 Å². The number of allylic oxidation sites excluding steroid dienone is 2. The van der Waals surface area contributed by atoms with Crippen molar-refractivity contribution in [3.8, 4) is 0 Å². The number of aliphatic hydroxyl groups is 1. The van der Waals surface area contributed by atoms with Gasteiger partial charge in [0.2, 0.25) is 0 Å². The number of benzene rings is 1. The molecule has 1 atom stereocenters. The SMILES string of the molecule is CC(C)CCCC(C)CO.CC/C=C(/CCC)c1cc(F)ccc1C. The average Bonchev–Trinajstić information content (AvgIpc) is 2.57. The van der Waals surface area contributed by atoms with Crippen LogP contribution >= 0.6 is 0 Å². The van der Waals surface area contributed by atoms with E-state index < -0.39 is 0 Å². The molecular formula is C23H39FO. The van der Waals surface area contributed by atoms with Crippen molar-refractivity contribution in [2.45, 2.75) is 80.1 Å². The first-order chi connectivity index (χ1) is 11.8. The molecule has 0 amide bonds. The van der Waals surface area contributed by atoms with Gasteiger partial charge in [-0.1, -0.05) is 66.0 Å². The largest absolute Gasteiger partial charge is 0.396 e. The maximum absolute atomic E-state index is 13.2. The van der Waals surface area contributed by atoms with Crippen LogP contribution in [0.5, 0.6) is 0 Å². The molecule has 0 spiro atoms. The van der Waals surface area contributed by atoms with Crippen molar-refractivity contribution in [2.75, 3.05) is 6.61 Å². The van der Waals surface area contributed by atoms with Crippen molar-refractivity contribution < 1.29 is 9.50 Å². The third-order valence-corrected chi connectivity index (χ3v) is 4.31. The van der Waals surface area contributed by atoms with Crippen LogP contribution in [0.25, 0.3) is 5.57 Å². The topological polar surface area (TPSA) is 20.2 Å². The predicted octanol–water partition coefficient (Wildman–Crippen LogP) is 7.17. The first-order valence-corrected chi connectivity index (χ1v) is 9.91. The molecule has 1 nitrogen and oxygen atoms in total. The first-order valence-electron chi connectivity index (χ1n) is 9.91. The normalized spacial score (nSPS) is 12.8. The van der Waals surface area contributed by atoms with Gasteiger partial charge in [-0.25, -0.2) is 4.39 Å². The van der Waals surface area contributed by atoms with Gasteiger partial charge in [0.05, 0.1) is 0 Å². The maximum Gasteiger partial charge on any atom is 0.123 e. The molecular weight excluding hydrogens is 311 g/mol. The van der Waals surface area contributed by atoms with Crippen LogP contribution in [-0.4, -0.2) is 11.7 Å². The summed E-state index contributed by atoms with van der Waals surface area (Å²) in [5, 5.41) is 8.70. The summed E-state index contributed by atoms with van der Waals surface area (Å²) in [4.78, 5) is 0. The Kier molecular flexibility index (Phi) is 13.4. The molecule has 0 bridgehead atoms. The lowest BCUT2D eigenvalue weighted by Gasteiger charge is -2.10. The number of halogens is 1. The Balaban J connectivity index is 0.000000504. The molecule has 0 saturated heterocycles.